The predicted molar refractivity (Wildman–Crippen MR) is 82.2 cm³/mol. The van der Waals surface area contributed by atoms with Gasteiger partial charge < -0.3 is 10.1 Å². The topological polar surface area (TPSA) is 34.1 Å². The molecule has 3 nitrogen and oxygen atoms in total. The molecule has 1 unspecified atom stereocenters. The number of hydrogen-bond donors (Lipinski definition) is 1. The number of benzene rings is 1. The zero-order chi connectivity index (χ0) is 14.4. The number of nitrogens with one attached hydrogen (secondary N) is 1. The van der Waals surface area contributed by atoms with Crippen molar-refractivity contribution < 1.29 is 4.74 Å². The molecule has 1 aromatic carbocycles. The normalized spacial score (nSPS) is 12.2. The van der Waals surface area contributed by atoms with Gasteiger partial charge in [-0.25, -0.2) is 0 Å². The highest BCUT2D eigenvalue weighted by Gasteiger charge is 2.05. The van der Waals surface area contributed by atoms with E-state index < -0.39 is 0 Å². The fourth-order valence-electron chi connectivity index (χ4n) is 2.01. The Balaban J connectivity index is 2.03. The average Bonchev–Trinajstić information content (AvgIpc) is 2.48. The van der Waals surface area contributed by atoms with Crippen molar-refractivity contribution in [3.05, 3.63) is 53.9 Å². The number of ether oxygens (including phenoxy) is 1. The second-order valence-corrected chi connectivity index (χ2v) is 4.93. The van der Waals surface area contributed by atoms with Crippen LogP contribution >= 0.6 is 0 Å². The third-order valence-electron chi connectivity index (χ3n) is 3.27. The molecule has 0 aliphatic carbocycles. The summed E-state index contributed by atoms with van der Waals surface area (Å²) in [6.07, 6.45) is 2.91. The largest absolute Gasteiger partial charge is 0.455 e. The van der Waals surface area contributed by atoms with E-state index in [9.17, 15) is 0 Å². The van der Waals surface area contributed by atoms with Crippen molar-refractivity contribution >= 4 is 0 Å². The summed E-state index contributed by atoms with van der Waals surface area (Å²) in [6.45, 7) is 7.33. The van der Waals surface area contributed by atoms with Gasteiger partial charge in [0.25, 0.3) is 0 Å². The molecule has 0 saturated heterocycles. The summed E-state index contributed by atoms with van der Waals surface area (Å²) in [5.74, 6) is 1.64. The van der Waals surface area contributed by atoms with Crippen molar-refractivity contribution in [2.45, 2.75) is 33.2 Å². The molecule has 1 atom stereocenters. The van der Waals surface area contributed by atoms with E-state index in [1.54, 1.807) is 6.20 Å². The Morgan fingerprint density at radius 3 is 2.60 bits per heavy atom. The van der Waals surface area contributed by atoms with E-state index in [1.807, 2.05) is 31.2 Å². The molecule has 0 radical (unpaired) electrons. The average molecular weight is 270 g/mol. The summed E-state index contributed by atoms with van der Waals surface area (Å²) in [7, 11) is 0. The SMILES string of the molecule is CCCNC(C)c1ccc(Oc2cccnc2C)cc1. The van der Waals surface area contributed by atoms with Crippen LogP contribution in [0.1, 0.15) is 37.6 Å². The van der Waals surface area contributed by atoms with Crippen LogP contribution in [0.2, 0.25) is 0 Å². The molecule has 1 N–H and O–H groups in total. The molecule has 0 saturated carbocycles. The smallest absolute Gasteiger partial charge is 0.148 e. The Morgan fingerprint density at radius 1 is 1.20 bits per heavy atom. The van der Waals surface area contributed by atoms with Gasteiger partial charge in [0.05, 0.1) is 5.69 Å². The first-order valence-electron chi connectivity index (χ1n) is 7.13. The molecule has 0 fully saturated rings. The van der Waals surface area contributed by atoms with E-state index in [2.05, 4.69) is 36.3 Å². The maximum atomic E-state index is 5.84. The number of nitrogens with zero attached hydrogens (tertiary/aromatic N) is 1. The molecule has 0 aliphatic rings. The lowest BCUT2D eigenvalue weighted by Gasteiger charge is -2.14. The van der Waals surface area contributed by atoms with Gasteiger partial charge in [-0.1, -0.05) is 19.1 Å². The Kier molecular flexibility index (Phi) is 5.13. The molecule has 2 rings (SSSR count). The molecule has 106 valence electrons. The first-order valence-corrected chi connectivity index (χ1v) is 7.13. The monoisotopic (exact) mass is 270 g/mol. The van der Waals surface area contributed by atoms with Crippen LogP contribution in [0.15, 0.2) is 42.6 Å². The van der Waals surface area contributed by atoms with Crippen LogP contribution in [-0.2, 0) is 0 Å². The van der Waals surface area contributed by atoms with E-state index in [0.717, 1.165) is 30.2 Å². The van der Waals surface area contributed by atoms with Crippen molar-refractivity contribution in [2.24, 2.45) is 0 Å². The van der Waals surface area contributed by atoms with Gasteiger partial charge in [0.2, 0.25) is 0 Å². The molecule has 0 spiro atoms. The van der Waals surface area contributed by atoms with Crippen molar-refractivity contribution in [3.8, 4) is 11.5 Å². The van der Waals surface area contributed by atoms with Crippen molar-refractivity contribution in [1.82, 2.24) is 10.3 Å². The van der Waals surface area contributed by atoms with Crippen LogP contribution in [0.3, 0.4) is 0 Å². The van der Waals surface area contributed by atoms with Crippen LogP contribution in [0.5, 0.6) is 11.5 Å². The summed E-state index contributed by atoms with van der Waals surface area (Å²) >= 11 is 0. The number of rotatable bonds is 6. The van der Waals surface area contributed by atoms with E-state index in [0.29, 0.717) is 6.04 Å². The zero-order valence-electron chi connectivity index (χ0n) is 12.4. The van der Waals surface area contributed by atoms with Gasteiger partial charge in [-0.15, -0.1) is 0 Å². The minimum Gasteiger partial charge on any atom is -0.455 e. The lowest BCUT2D eigenvalue weighted by molar-refractivity contribution is 0.475. The molecule has 0 amide bonds. The third kappa shape index (κ3) is 3.81. The Bertz CT molecular complexity index is 537. The van der Waals surface area contributed by atoms with E-state index in [4.69, 9.17) is 4.74 Å². The summed E-state index contributed by atoms with van der Waals surface area (Å²) in [5, 5.41) is 3.48. The summed E-state index contributed by atoms with van der Waals surface area (Å²) in [5.41, 5.74) is 2.17. The fraction of sp³-hybridized carbons (Fsp3) is 0.353. The van der Waals surface area contributed by atoms with E-state index in [-0.39, 0.29) is 0 Å². The van der Waals surface area contributed by atoms with Gasteiger partial charge in [-0.3, -0.25) is 4.98 Å². The van der Waals surface area contributed by atoms with Crippen LogP contribution < -0.4 is 10.1 Å². The first-order chi connectivity index (χ1) is 9.70. The Morgan fingerprint density at radius 2 is 1.95 bits per heavy atom. The quantitative estimate of drug-likeness (QED) is 0.852. The van der Waals surface area contributed by atoms with E-state index in [1.165, 1.54) is 5.56 Å². The van der Waals surface area contributed by atoms with Crippen LogP contribution in [0, 0.1) is 6.92 Å². The minimum atomic E-state index is 0.365. The molecular weight excluding hydrogens is 248 g/mol. The Hall–Kier alpha value is -1.87. The molecule has 1 heterocycles. The molecule has 0 bridgehead atoms. The summed E-state index contributed by atoms with van der Waals surface area (Å²) in [6, 6.07) is 12.4. The van der Waals surface area contributed by atoms with Crippen LogP contribution in [0.25, 0.3) is 0 Å². The van der Waals surface area contributed by atoms with Gasteiger partial charge in [0.15, 0.2) is 0 Å². The molecule has 0 aliphatic heterocycles. The van der Waals surface area contributed by atoms with Crippen molar-refractivity contribution in [1.29, 1.82) is 0 Å². The highest BCUT2D eigenvalue weighted by Crippen LogP contribution is 2.24. The molecule has 20 heavy (non-hydrogen) atoms. The second kappa shape index (κ2) is 7.06. The maximum Gasteiger partial charge on any atom is 0.148 e. The standard InChI is InChI=1S/C17H22N2O/c1-4-11-18-13(2)15-7-9-16(10-8-15)20-17-6-5-12-19-14(17)3/h5-10,12-13,18H,4,11H2,1-3H3. The van der Waals surface area contributed by atoms with Gasteiger partial charge in [0, 0.05) is 12.2 Å². The van der Waals surface area contributed by atoms with Gasteiger partial charge in [-0.2, -0.15) is 0 Å². The lowest BCUT2D eigenvalue weighted by Crippen LogP contribution is -2.19. The molecule has 3 heteroatoms. The molecule has 1 aromatic heterocycles. The third-order valence-corrected chi connectivity index (χ3v) is 3.27. The highest BCUT2D eigenvalue weighted by atomic mass is 16.5. The first kappa shape index (κ1) is 14.5. The number of aryl methyl sites for hydroxylation is 1. The van der Waals surface area contributed by atoms with Gasteiger partial charge >= 0.3 is 0 Å². The van der Waals surface area contributed by atoms with Crippen molar-refractivity contribution in [2.75, 3.05) is 6.54 Å². The lowest BCUT2D eigenvalue weighted by atomic mass is 10.1. The zero-order valence-corrected chi connectivity index (χ0v) is 12.4. The van der Waals surface area contributed by atoms with Gasteiger partial charge in [0.1, 0.15) is 11.5 Å². The molecule has 2 aromatic rings. The Labute approximate surface area is 121 Å². The van der Waals surface area contributed by atoms with Crippen LogP contribution in [-0.4, -0.2) is 11.5 Å². The summed E-state index contributed by atoms with van der Waals surface area (Å²) < 4.78 is 5.84. The molecular formula is C17H22N2O. The van der Waals surface area contributed by atoms with E-state index >= 15 is 0 Å². The van der Waals surface area contributed by atoms with Gasteiger partial charge in [-0.05, 0) is 56.6 Å². The minimum absolute atomic E-state index is 0.365. The number of pyridine rings is 1. The number of hydrogen-bond acceptors (Lipinski definition) is 3. The van der Waals surface area contributed by atoms with Crippen LogP contribution in [0.4, 0.5) is 0 Å². The highest BCUT2D eigenvalue weighted by molar-refractivity contribution is 5.35. The number of aromatic nitrogens is 1. The summed E-state index contributed by atoms with van der Waals surface area (Å²) in [4.78, 5) is 4.22. The fourth-order valence-corrected chi connectivity index (χ4v) is 2.01. The van der Waals surface area contributed by atoms with Crippen molar-refractivity contribution in [3.63, 3.8) is 0 Å². The second-order valence-electron chi connectivity index (χ2n) is 4.93. The maximum absolute atomic E-state index is 5.84. The predicted octanol–water partition coefficient (Wildman–Crippen LogP) is 4.24.